The molecule has 0 aromatic carbocycles. The Labute approximate surface area is 115 Å². The van der Waals surface area contributed by atoms with Crippen molar-refractivity contribution < 1.29 is 0 Å². The molecule has 1 atom stereocenters. The van der Waals surface area contributed by atoms with Gasteiger partial charge in [0, 0.05) is 17.5 Å². The Bertz CT molecular complexity index is 390. The van der Waals surface area contributed by atoms with Gasteiger partial charge in [0.25, 0.3) is 0 Å². The van der Waals surface area contributed by atoms with Crippen molar-refractivity contribution in [1.82, 2.24) is 15.2 Å². The largest absolute Gasteiger partial charge is 0.304 e. The molecule has 0 saturated carbocycles. The third-order valence-corrected chi connectivity index (χ3v) is 4.96. The second-order valence-corrected chi connectivity index (χ2v) is 7.09. The molecule has 0 radical (unpaired) electrons. The number of hydrogen-bond donors (Lipinski definition) is 1. The molecule has 0 bridgehead atoms. The highest BCUT2D eigenvalue weighted by Gasteiger charge is 2.39. The number of piperidine rings is 1. The molecule has 1 aromatic rings. The summed E-state index contributed by atoms with van der Waals surface area (Å²) in [6.07, 6.45) is 2.44. The second kappa shape index (κ2) is 5.27. The number of aryl methyl sites for hydroxylation is 2. The lowest BCUT2D eigenvalue weighted by molar-refractivity contribution is 0.134. The molecule has 1 unspecified atom stereocenters. The van der Waals surface area contributed by atoms with Crippen LogP contribution in [0.4, 0.5) is 0 Å². The summed E-state index contributed by atoms with van der Waals surface area (Å²) < 4.78 is 0. The highest BCUT2D eigenvalue weighted by Crippen LogP contribution is 2.35. The SMILES string of the molecule is Cc1nc(C2(NC(C)C)CCCN(C)C2)sc1C. The van der Waals surface area contributed by atoms with Crippen molar-refractivity contribution >= 4 is 11.3 Å². The summed E-state index contributed by atoms with van der Waals surface area (Å²) in [5, 5.41) is 5.06. The van der Waals surface area contributed by atoms with Crippen LogP contribution < -0.4 is 5.32 Å². The van der Waals surface area contributed by atoms with Crippen LogP contribution in [0, 0.1) is 13.8 Å². The van der Waals surface area contributed by atoms with E-state index < -0.39 is 0 Å². The van der Waals surface area contributed by atoms with Crippen LogP contribution in [0.25, 0.3) is 0 Å². The van der Waals surface area contributed by atoms with Crippen LogP contribution in [0.2, 0.25) is 0 Å². The van der Waals surface area contributed by atoms with Gasteiger partial charge in [0.05, 0.1) is 11.2 Å². The molecule has 2 rings (SSSR count). The summed E-state index contributed by atoms with van der Waals surface area (Å²) in [5.74, 6) is 0. The van der Waals surface area contributed by atoms with Gasteiger partial charge in [0.1, 0.15) is 5.01 Å². The van der Waals surface area contributed by atoms with Gasteiger partial charge in [-0.3, -0.25) is 0 Å². The first-order chi connectivity index (χ1) is 8.43. The molecule has 1 aliphatic heterocycles. The summed E-state index contributed by atoms with van der Waals surface area (Å²) in [6, 6.07) is 0.487. The zero-order valence-electron chi connectivity index (χ0n) is 12.2. The second-order valence-electron chi connectivity index (χ2n) is 5.88. The molecular weight excluding hydrogens is 242 g/mol. The topological polar surface area (TPSA) is 28.2 Å². The van der Waals surface area contributed by atoms with E-state index in [2.05, 4.69) is 45.0 Å². The first-order valence-corrected chi connectivity index (χ1v) is 7.65. The van der Waals surface area contributed by atoms with Crippen molar-refractivity contribution in [2.75, 3.05) is 20.1 Å². The summed E-state index contributed by atoms with van der Waals surface area (Å²) in [7, 11) is 2.21. The lowest BCUT2D eigenvalue weighted by Crippen LogP contribution is -2.55. The zero-order chi connectivity index (χ0) is 13.3. The number of thiazole rings is 1. The third-order valence-electron chi connectivity index (χ3n) is 3.69. The molecule has 2 heterocycles. The fourth-order valence-electron chi connectivity index (χ4n) is 2.85. The number of rotatable bonds is 3. The molecule has 18 heavy (non-hydrogen) atoms. The van der Waals surface area contributed by atoms with E-state index in [0.717, 1.165) is 6.54 Å². The van der Waals surface area contributed by atoms with Crippen LogP contribution in [0.3, 0.4) is 0 Å². The predicted octanol–water partition coefficient (Wildman–Crippen LogP) is 2.68. The fourth-order valence-corrected chi connectivity index (χ4v) is 3.94. The van der Waals surface area contributed by atoms with Crippen molar-refractivity contribution in [3.05, 3.63) is 15.6 Å². The van der Waals surface area contributed by atoms with Gasteiger partial charge >= 0.3 is 0 Å². The molecule has 1 N–H and O–H groups in total. The van der Waals surface area contributed by atoms with Crippen LogP contribution in [-0.4, -0.2) is 36.1 Å². The quantitative estimate of drug-likeness (QED) is 0.912. The van der Waals surface area contributed by atoms with Crippen LogP contribution in [0.15, 0.2) is 0 Å². The standard InChI is InChI=1S/C14H25N3S/c1-10(2)16-14(7-6-8-17(5)9-14)13-15-11(3)12(4)18-13/h10,16H,6-9H2,1-5H3. The van der Waals surface area contributed by atoms with Crippen LogP contribution in [0.1, 0.15) is 42.3 Å². The Morgan fingerprint density at radius 1 is 1.39 bits per heavy atom. The first-order valence-electron chi connectivity index (χ1n) is 6.84. The molecule has 3 nitrogen and oxygen atoms in total. The Morgan fingerprint density at radius 3 is 2.61 bits per heavy atom. The highest BCUT2D eigenvalue weighted by molar-refractivity contribution is 7.11. The first kappa shape index (κ1) is 14.0. The molecule has 1 saturated heterocycles. The molecule has 0 aliphatic carbocycles. The molecule has 102 valence electrons. The van der Waals surface area contributed by atoms with Gasteiger partial charge in [0.2, 0.25) is 0 Å². The van der Waals surface area contributed by atoms with Crippen molar-refractivity contribution in [3.63, 3.8) is 0 Å². The van der Waals surface area contributed by atoms with Crippen LogP contribution in [-0.2, 0) is 5.54 Å². The lowest BCUT2D eigenvalue weighted by atomic mass is 9.89. The van der Waals surface area contributed by atoms with Gasteiger partial charge < -0.3 is 10.2 Å². The third kappa shape index (κ3) is 2.76. The number of nitrogens with zero attached hydrogens (tertiary/aromatic N) is 2. The van der Waals surface area contributed by atoms with Crippen molar-refractivity contribution in [2.45, 2.75) is 52.1 Å². The van der Waals surface area contributed by atoms with Gasteiger partial charge in [-0.25, -0.2) is 4.98 Å². The molecule has 0 spiro atoms. The smallest absolute Gasteiger partial charge is 0.115 e. The van der Waals surface area contributed by atoms with E-state index in [0.29, 0.717) is 6.04 Å². The average molecular weight is 267 g/mol. The summed E-state index contributed by atoms with van der Waals surface area (Å²) in [5.41, 5.74) is 1.25. The summed E-state index contributed by atoms with van der Waals surface area (Å²) >= 11 is 1.86. The van der Waals surface area contributed by atoms with E-state index in [1.54, 1.807) is 0 Å². The zero-order valence-corrected chi connectivity index (χ0v) is 13.0. The molecular formula is C14H25N3S. The maximum atomic E-state index is 4.82. The van der Waals surface area contributed by atoms with Crippen molar-refractivity contribution in [1.29, 1.82) is 0 Å². The van der Waals surface area contributed by atoms with Gasteiger partial charge in [-0.15, -0.1) is 11.3 Å². The summed E-state index contributed by atoms with van der Waals surface area (Å²) in [6.45, 7) is 11.0. The van der Waals surface area contributed by atoms with Gasteiger partial charge in [0.15, 0.2) is 0 Å². The lowest BCUT2D eigenvalue weighted by Gasteiger charge is -2.42. The minimum absolute atomic E-state index is 0.0604. The number of likely N-dealkylation sites (N-methyl/N-ethyl adjacent to an activating group) is 1. The number of nitrogens with one attached hydrogen (secondary N) is 1. The van der Waals surface area contributed by atoms with E-state index >= 15 is 0 Å². The molecule has 0 amide bonds. The highest BCUT2D eigenvalue weighted by atomic mass is 32.1. The van der Waals surface area contributed by atoms with Gasteiger partial charge in [-0.1, -0.05) is 0 Å². The minimum Gasteiger partial charge on any atom is -0.304 e. The molecule has 1 fully saturated rings. The maximum absolute atomic E-state index is 4.82. The Hall–Kier alpha value is -0.450. The predicted molar refractivity (Wildman–Crippen MR) is 78.3 cm³/mol. The van der Waals surface area contributed by atoms with E-state index in [4.69, 9.17) is 4.98 Å². The van der Waals surface area contributed by atoms with E-state index in [-0.39, 0.29) is 5.54 Å². The van der Waals surface area contributed by atoms with E-state index in [1.165, 1.54) is 35.0 Å². The van der Waals surface area contributed by atoms with E-state index in [9.17, 15) is 0 Å². The van der Waals surface area contributed by atoms with Crippen LogP contribution >= 0.6 is 11.3 Å². The van der Waals surface area contributed by atoms with Gasteiger partial charge in [-0.05, 0) is 54.1 Å². The van der Waals surface area contributed by atoms with Crippen molar-refractivity contribution in [3.8, 4) is 0 Å². The minimum atomic E-state index is 0.0604. The van der Waals surface area contributed by atoms with E-state index in [1.807, 2.05) is 11.3 Å². The Morgan fingerprint density at radius 2 is 2.11 bits per heavy atom. The number of aromatic nitrogens is 1. The Balaban J connectivity index is 2.34. The molecule has 1 aliphatic rings. The monoisotopic (exact) mass is 267 g/mol. The average Bonchev–Trinajstić information content (AvgIpc) is 2.59. The number of hydrogen-bond acceptors (Lipinski definition) is 4. The normalized spacial score (nSPS) is 25.9. The maximum Gasteiger partial charge on any atom is 0.115 e. The molecule has 4 heteroatoms. The molecule has 1 aromatic heterocycles. The Kier molecular flexibility index (Phi) is 4.09. The fraction of sp³-hybridized carbons (Fsp3) is 0.786. The summed E-state index contributed by atoms with van der Waals surface area (Å²) in [4.78, 5) is 8.59. The number of likely N-dealkylation sites (tertiary alicyclic amines) is 1. The van der Waals surface area contributed by atoms with Gasteiger partial charge in [-0.2, -0.15) is 0 Å². The van der Waals surface area contributed by atoms with Crippen molar-refractivity contribution in [2.24, 2.45) is 0 Å². The van der Waals surface area contributed by atoms with Crippen LogP contribution in [0.5, 0.6) is 0 Å².